The van der Waals surface area contributed by atoms with E-state index in [1.54, 1.807) is 6.07 Å². The number of alkyl halides is 1. The van der Waals surface area contributed by atoms with Gasteiger partial charge in [0.05, 0.1) is 5.54 Å². The second kappa shape index (κ2) is 6.48. The van der Waals surface area contributed by atoms with E-state index in [0.717, 1.165) is 23.7 Å². The van der Waals surface area contributed by atoms with Crippen LogP contribution in [0.25, 0.3) is 0 Å². The normalized spacial score (nSPS) is 26.3. The van der Waals surface area contributed by atoms with Crippen LogP contribution in [-0.2, 0) is 0 Å². The molecule has 1 aliphatic carbocycles. The molecule has 0 saturated heterocycles. The SMILES string of the molecule is Cc1ccc(C(=O)NC2(CBr)CCCC(C)C2)cc1Cl. The third-order valence-electron chi connectivity index (χ3n) is 4.16. The maximum Gasteiger partial charge on any atom is 0.251 e. The highest BCUT2D eigenvalue weighted by atomic mass is 79.9. The Balaban J connectivity index is 2.14. The molecule has 2 nitrogen and oxygen atoms in total. The maximum absolute atomic E-state index is 12.5. The topological polar surface area (TPSA) is 29.1 Å². The minimum atomic E-state index is -0.119. The van der Waals surface area contributed by atoms with E-state index in [1.165, 1.54) is 12.8 Å². The average molecular weight is 359 g/mol. The second-order valence-corrected chi connectivity index (χ2v) is 7.00. The van der Waals surface area contributed by atoms with Gasteiger partial charge in [0.15, 0.2) is 0 Å². The third-order valence-corrected chi connectivity index (χ3v) is 5.64. The van der Waals surface area contributed by atoms with E-state index < -0.39 is 0 Å². The van der Waals surface area contributed by atoms with Crippen molar-refractivity contribution in [3.63, 3.8) is 0 Å². The van der Waals surface area contributed by atoms with Crippen molar-refractivity contribution in [2.45, 2.75) is 45.1 Å². The zero-order chi connectivity index (χ0) is 14.8. The molecule has 2 rings (SSSR count). The van der Waals surface area contributed by atoms with E-state index in [-0.39, 0.29) is 11.4 Å². The molecule has 1 aromatic rings. The minimum Gasteiger partial charge on any atom is -0.346 e. The van der Waals surface area contributed by atoms with Gasteiger partial charge in [-0.25, -0.2) is 0 Å². The number of carbonyl (C=O) groups is 1. The summed E-state index contributed by atoms with van der Waals surface area (Å²) in [5, 5.41) is 4.67. The molecule has 2 atom stereocenters. The maximum atomic E-state index is 12.5. The van der Waals surface area contributed by atoms with Crippen LogP contribution >= 0.6 is 27.5 Å². The minimum absolute atomic E-state index is 0.0274. The third kappa shape index (κ3) is 3.56. The Kier molecular flexibility index (Phi) is 5.14. The van der Waals surface area contributed by atoms with Gasteiger partial charge < -0.3 is 5.32 Å². The summed E-state index contributed by atoms with van der Waals surface area (Å²) in [7, 11) is 0. The van der Waals surface area contributed by atoms with Crippen LogP contribution in [-0.4, -0.2) is 16.8 Å². The summed E-state index contributed by atoms with van der Waals surface area (Å²) in [6, 6.07) is 5.48. The summed E-state index contributed by atoms with van der Waals surface area (Å²) in [4.78, 5) is 12.5. The number of hydrogen-bond donors (Lipinski definition) is 1. The molecule has 1 N–H and O–H groups in total. The van der Waals surface area contributed by atoms with Crippen LogP contribution in [0.1, 0.15) is 48.5 Å². The Morgan fingerprint density at radius 3 is 2.90 bits per heavy atom. The number of hydrogen-bond acceptors (Lipinski definition) is 1. The van der Waals surface area contributed by atoms with Crippen molar-refractivity contribution in [3.05, 3.63) is 34.3 Å². The molecule has 4 heteroatoms. The van der Waals surface area contributed by atoms with Crippen molar-refractivity contribution >= 4 is 33.4 Å². The second-order valence-electron chi connectivity index (χ2n) is 6.03. The summed E-state index contributed by atoms with van der Waals surface area (Å²) in [5.41, 5.74) is 1.51. The molecule has 0 radical (unpaired) electrons. The highest BCUT2D eigenvalue weighted by Gasteiger charge is 2.35. The first-order valence-electron chi connectivity index (χ1n) is 7.10. The van der Waals surface area contributed by atoms with Crippen LogP contribution in [0.2, 0.25) is 5.02 Å². The van der Waals surface area contributed by atoms with Gasteiger partial charge in [-0.2, -0.15) is 0 Å². The van der Waals surface area contributed by atoms with Crippen LogP contribution < -0.4 is 5.32 Å². The van der Waals surface area contributed by atoms with Crippen LogP contribution in [0.15, 0.2) is 18.2 Å². The van der Waals surface area contributed by atoms with Gasteiger partial charge in [0, 0.05) is 15.9 Å². The van der Waals surface area contributed by atoms with Gasteiger partial charge in [0.1, 0.15) is 0 Å². The van der Waals surface area contributed by atoms with E-state index in [2.05, 4.69) is 28.2 Å². The fourth-order valence-electron chi connectivity index (χ4n) is 2.98. The van der Waals surface area contributed by atoms with E-state index in [1.807, 2.05) is 19.1 Å². The van der Waals surface area contributed by atoms with E-state index in [4.69, 9.17) is 11.6 Å². The molecular weight excluding hydrogens is 338 g/mol. The van der Waals surface area contributed by atoms with Crippen LogP contribution in [0.4, 0.5) is 0 Å². The van der Waals surface area contributed by atoms with Gasteiger partial charge >= 0.3 is 0 Å². The first-order chi connectivity index (χ1) is 9.46. The fourth-order valence-corrected chi connectivity index (χ4v) is 3.81. The molecular formula is C16H21BrClNO. The largest absolute Gasteiger partial charge is 0.346 e. The monoisotopic (exact) mass is 357 g/mol. The molecule has 2 unspecified atom stereocenters. The van der Waals surface area contributed by atoms with Crippen LogP contribution in [0, 0.1) is 12.8 Å². The number of carbonyl (C=O) groups excluding carboxylic acids is 1. The van der Waals surface area contributed by atoms with E-state index in [0.29, 0.717) is 16.5 Å². The van der Waals surface area contributed by atoms with Gasteiger partial charge in [-0.05, 0) is 43.4 Å². The highest BCUT2D eigenvalue weighted by Crippen LogP contribution is 2.34. The smallest absolute Gasteiger partial charge is 0.251 e. The van der Waals surface area contributed by atoms with E-state index >= 15 is 0 Å². The molecule has 0 aromatic heterocycles. The van der Waals surface area contributed by atoms with Crippen molar-refractivity contribution in [1.29, 1.82) is 0 Å². The van der Waals surface area contributed by atoms with Gasteiger partial charge in [0.2, 0.25) is 0 Å². The summed E-state index contributed by atoms with van der Waals surface area (Å²) >= 11 is 9.69. The van der Waals surface area contributed by atoms with Crippen molar-refractivity contribution in [3.8, 4) is 0 Å². The lowest BCUT2D eigenvalue weighted by molar-refractivity contribution is 0.0869. The summed E-state index contributed by atoms with van der Waals surface area (Å²) in [6.45, 7) is 4.19. The lowest BCUT2D eigenvalue weighted by Gasteiger charge is -2.39. The van der Waals surface area contributed by atoms with Crippen molar-refractivity contribution in [2.24, 2.45) is 5.92 Å². The number of halogens is 2. The Morgan fingerprint density at radius 1 is 1.55 bits per heavy atom. The Bertz CT molecular complexity index is 505. The quantitative estimate of drug-likeness (QED) is 0.778. The van der Waals surface area contributed by atoms with Gasteiger partial charge in [-0.15, -0.1) is 0 Å². The Hall–Kier alpha value is -0.540. The van der Waals surface area contributed by atoms with Gasteiger partial charge in [-0.1, -0.05) is 53.4 Å². The van der Waals surface area contributed by atoms with Crippen LogP contribution in [0.3, 0.4) is 0 Å². The molecule has 20 heavy (non-hydrogen) atoms. The molecule has 0 aliphatic heterocycles. The molecule has 0 bridgehead atoms. The van der Waals surface area contributed by atoms with Gasteiger partial charge in [0.25, 0.3) is 5.91 Å². The summed E-state index contributed by atoms with van der Waals surface area (Å²) in [6.07, 6.45) is 4.49. The molecule has 0 heterocycles. The zero-order valence-corrected chi connectivity index (χ0v) is 14.4. The predicted octanol–water partition coefficient (Wildman–Crippen LogP) is 4.72. The van der Waals surface area contributed by atoms with Crippen molar-refractivity contribution < 1.29 is 4.79 Å². The first-order valence-corrected chi connectivity index (χ1v) is 8.60. The lowest BCUT2D eigenvalue weighted by atomic mass is 9.77. The molecule has 0 spiro atoms. The first kappa shape index (κ1) is 15.8. The number of rotatable bonds is 3. The standard InChI is InChI=1S/C16H21BrClNO/c1-11-4-3-7-16(9-11,10-17)19-15(20)13-6-5-12(2)14(18)8-13/h5-6,8,11H,3-4,7,9-10H2,1-2H3,(H,19,20). The van der Waals surface area contributed by atoms with Crippen molar-refractivity contribution in [1.82, 2.24) is 5.32 Å². The number of benzene rings is 1. The molecule has 1 amide bonds. The molecule has 110 valence electrons. The molecule has 1 fully saturated rings. The summed E-state index contributed by atoms with van der Waals surface area (Å²) < 4.78 is 0. The molecule has 1 aromatic carbocycles. The number of amides is 1. The van der Waals surface area contributed by atoms with Gasteiger partial charge in [-0.3, -0.25) is 4.79 Å². The van der Waals surface area contributed by atoms with Crippen LogP contribution in [0.5, 0.6) is 0 Å². The summed E-state index contributed by atoms with van der Waals surface area (Å²) in [5.74, 6) is 0.628. The fraction of sp³-hybridized carbons (Fsp3) is 0.562. The zero-order valence-electron chi connectivity index (χ0n) is 12.0. The average Bonchev–Trinajstić information content (AvgIpc) is 2.41. The Morgan fingerprint density at radius 2 is 2.30 bits per heavy atom. The molecule has 1 saturated carbocycles. The Labute approximate surface area is 134 Å². The lowest BCUT2D eigenvalue weighted by Crippen LogP contribution is -2.52. The van der Waals surface area contributed by atoms with Crippen molar-refractivity contribution in [2.75, 3.05) is 5.33 Å². The molecule has 1 aliphatic rings. The number of aryl methyl sites for hydroxylation is 1. The predicted molar refractivity (Wildman–Crippen MR) is 87.8 cm³/mol. The van der Waals surface area contributed by atoms with E-state index in [9.17, 15) is 4.79 Å². The highest BCUT2D eigenvalue weighted by molar-refractivity contribution is 9.09. The number of nitrogens with one attached hydrogen (secondary N) is 1.